The Morgan fingerprint density at radius 2 is 2.14 bits per heavy atom. The van der Waals surface area contributed by atoms with E-state index in [4.69, 9.17) is 27.6 Å². The first-order valence-electron chi connectivity index (χ1n) is 6.60. The highest BCUT2D eigenvalue weighted by atomic mass is 35.5. The van der Waals surface area contributed by atoms with Crippen LogP contribution in [0.3, 0.4) is 0 Å². The van der Waals surface area contributed by atoms with E-state index in [1.807, 2.05) is 25.1 Å². The van der Waals surface area contributed by atoms with Gasteiger partial charge in [-0.1, -0.05) is 17.7 Å². The molecule has 0 unspecified atom stereocenters. The number of halogens is 2. The Morgan fingerprint density at radius 3 is 2.91 bits per heavy atom. The molecule has 2 aromatic carbocycles. The fourth-order valence-electron chi connectivity index (χ4n) is 2.20. The van der Waals surface area contributed by atoms with Crippen molar-refractivity contribution in [2.75, 3.05) is 11.2 Å². The third kappa shape index (κ3) is 2.80. The molecule has 3 rings (SSSR count). The Kier molecular flexibility index (Phi) is 4.05. The summed E-state index contributed by atoms with van der Waals surface area (Å²) in [6.45, 7) is 1.89. The van der Waals surface area contributed by atoms with Gasteiger partial charge in [0.1, 0.15) is 11.4 Å². The van der Waals surface area contributed by atoms with Crippen LogP contribution in [0.1, 0.15) is 5.56 Å². The van der Waals surface area contributed by atoms with E-state index in [1.165, 1.54) is 0 Å². The number of aromatic nitrogens is 1. The molecule has 4 nitrogen and oxygen atoms in total. The van der Waals surface area contributed by atoms with E-state index >= 15 is 0 Å². The second kappa shape index (κ2) is 5.99. The van der Waals surface area contributed by atoms with Crippen molar-refractivity contribution in [1.82, 2.24) is 4.98 Å². The maximum absolute atomic E-state index is 11.5. The molecule has 0 atom stereocenters. The van der Waals surface area contributed by atoms with Crippen LogP contribution < -0.4 is 5.32 Å². The number of alkyl halides is 1. The zero-order valence-electron chi connectivity index (χ0n) is 11.7. The minimum atomic E-state index is -0.258. The normalized spacial score (nSPS) is 10.9. The number of carbonyl (C=O) groups excluding carboxylic acids is 1. The van der Waals surface area contributed by atoms with Crippen molar-refractivity contribution in [1.29, 1.82) is 0 Å². The molecule has 0 saturated carbocycles. The third-order valence-electron chi connectivity index (χ3n) is 3.31. The fourth-order valence-corrected chi connectivity index (χ4v) is 2.44. The first kappa shape index (κ1) is 14.9. The molecule has 1 heterocycles. The molecular formula is C16H12Cl2N2O2. The largest absolute Gasteiger partial charge is 0.436 e. The number of fused-ring (bicyclic) bond motifs is 1. The SMILES string of the molecule is Cc1c(NC(=O)CCl)cccc1-c1nc2cc(Cl)ccc2o1. The number of amides is 1. The maximum Gasteiger partial charge on any atom is 0.239 e. The third-order valence-corrected chi connectivity index (χ3v) is 3.79. The Bertz CT molecular complexity index is 858. The summed E-state index contributed by atoms with van der Waals surface area (Å²) in [5.74, 6) is 0.133. The Labute approximate surface area is 137 Å². The van der Waals surface area contributed by atoms with Crippen molar-refractivity contribution in [3.05, 3.63) is 47.0 Å². The second-order valence-electron chi connectivity index (χ2n) is 4.79. The van der Waals surface area contributed by atoms with Crippen LogP contribution in [0.5, 0.6) is 0 Å². The summed E-state index contributed by atoms with van der Waals surface area (Å²) in [6.07, 6.45) is 0. The van der Waals surface area contributed by atoms with Gasteiger partial charge in [0.05, 0.1) is 0 Å². The first-order valence-corrected chi connectivity index (χ1v) is 7.51. The average Bonchev–Trinajstić information content (AvgIpc) is 2.91. The molecule has 0 bridgehead atoms. The van der Waals surface area contributed by atoms with Gasteiger partial charge in [-0.2, -0.15) is 0 Å². The molecule has 22 heavy (non-hydrogen) atoms. The lowest BCUT2D eigenvalue weighted by atomic mass is 10.1. The fraction of sp³-hybridized carbons (Fsp3) is 0.125. The van der Waals surface area contributed by atoms with Crippen LogP contribution in [-0.4, -0.2) is 16.8 Å². The minimum absolute atomic E-state index is 0.0922. The molecule has 6 heteroatoms. The minimum Gasteiger partial charge on any atom is -0.436 e. The van der Waals surface area contributed by atoms with E-state index in [9.17, 15) is 4.79 Å². The predicted molar refractivity (Wildman–Crippen MR) is 88.5 cm³/mol. The second-order valence-corrected chi connectivity index (χ2v) is 5.49. The number of carbonyl (C=O) groups is 1. The molecule has 0 fully saturated rings. The molecule has 0 saturated heterocycles. The number of nitrogens with one attached hydrogen (secondary N) is 1. The molecule has 0 aliphatic rings. The van der Waals surface area contributed by atoms with Gasteiger partial charge in [0.15, 0.2) is 5.58 Å². The maximum atomic E-state index is 11.5. The van der Waals surface area contributed by atoms with Crippen LogP contribution >= 0.6 is 23.2 Å². The molecule has 1 aromatic heterocycles. The summed E-state index contributed by atoms with van der Waals surface area (Å²) in [4.78, 5) is 15.9. The molecular weight excluding hydrogens is 323 g/mol. The summed E-state index contributed by atoms with van der Waals surface area (Å²) in [7, 11) is 0. The van der Waals surface area contributed by atoms with Crippen LogP contribution in [0, 0.1) is 6.92 Å². The molecule has 0 radical (unpaired) electrons. The summed E-state index contributed by atoms with van der Waals surface area (Å²) >= 11 is 11.5. The quantitative estimate of drug-likeness (QED) is 0.710. The van der Waals surface area contributed by atoms with E-state index in [0.29, 0.717) is 27.7 Å². The van der Waals surface area contributed by atoms with Crippen molar-refractivity contribution in [2.45, 2.75) is 6.92 Å². The number of rotatable bonds is 3. The van der Waals surface area contributed by atoms with E-state index < -0.39 is 0 Å². The molecule has 1 amide bonds. The van der Waals surface area contributed by atoms with Gasteiger partial charge in [0, 0.05) is 16.3 Å². The first-order chi connectivity index (χ1) is 10.6. The van der Waals surface area contributed by atoms with E-state index in [-0.39, 0.29) is 11.8 Å². The molecule has 1 N–H and O–H groups in total. The van der Waals surface area contributed by atoms with Crippen LogP contribution in [0.2, 0.25) is 5.02 Å². The van der Waals surface area contributed by atoms with Gasteiger partial charge in [-0.05, 0) is 42.8 Å². The Hall–Kier alpha value is -2.04. The van der Waals surface area contributed by atoms with Gasteiger partial charge in [0.2, 0.25) is 11.8 Å². The Morgan fingerprint density at radius 1 is 1.32 bits per heavy atom. The van der Waals surface area contributed by atoms with Gasteiger partial charge in [-0.25, -0.2) is 4.98 Å². The Balaban J connectivity index is 2.06. The monoisotopic (exact) mass is 334 g/mol. The highest BCUT2D eigenvalue weighted by molar-refractivity contribution is 6.31. The van der Waals surface area contributed by atoms with Crippen molar-refractivity contribution >= 4 is 45.9 Å². The van der Waals surface area contributed by atoms with Crippen LogP contribution in [0.15, 0.2) is 40.8 Å². The molecule has 0 aliphatic carbocycles. The lowest BCUT2D eigenvalue weighted by Crippen LogP contribution is -2.13. The van der Waals surface area contributed by atoms with E-state index in [2.05, 4.69) is 10.3 Å². The van der Waals surface area contributed by atoms with Gasteiger partial charge in [-0.3, -0.25) is 4.79 Å². The molecule has 112 valence electrons. The molecule has 3 aromatic rings. The zero-order chi connectivity index (χ0) is 15.7. The van der Waals surface area contributed by atoms with Crippen LogP contribution in [0.4, 0.5) is 5.69 Å². The number of oxazole rings is 1. The lowest BCUT2D eigenvalue weighted by Gasteiger charge is -2.09. The standard InChI is InChI=1S/C16H12Cl2N2O2/c1-9-11(3-2-4-12(9)19-15(21)8-17)16-20-13-7-10(18)5-6-14(13)22-16/h2-7H,8H2,1H3,(H,19,21). The number of benzene rings is 2. The molecule has 0 spiro atoms. The summed E-state index contributed by atoms with van der Waals surface area (Å²) < 4.78 is 5.77. The topological polar surface area (TPSA) is 55.1 Å². The van der Waals surface area contributed by atoms with Crippen molar-refractivity contribution in [3.63, 3.8) is 0 Å². The number of anilines is 1. The number of nitrogens with zero attached hydrogens (tertiary/aromatic N) is 1. The smallest absolute Gasteiger partial charge is 0.239 e. The van der Waals surface area contributed by atoms with Crippen LogP contribution in [-0.2, 0) is 4.79 Å². The molecule has 0 aliphatic heterocycles. The zero-order valence-corrected chi connectivity index (χ0v) is 13.2. The number of hydrogen-bond acceptors (Lipinski definition) is 3. The number of hydrogen-bond donors (Lipinski definition) is 1. The summed E-state index contributed by atoms with van der Waals surface area (Å²) in [5, 5.41) is 3.36. The lowest BCUT2D eigenvalue weighted by molar-refractivity contribution is -0.113. The van der Waals surface area contributed by atoms with Crippen molar-refractivity contribution in [2.24, 2.45) is 0 Å². The summed E-state index contributed by atoms with van der Waals surface area (Å²) in [5.41, 5.74) is 3.70. The summed E-state index contributed by atoms with van der Waals surface area (Å²) in [6, 6.07) is 10.8. The van der Waals surface area contributed by atoms with Crippen LogP contribution in [0.25, 0.3) is 22.6 Å². The van der Waals surface area contributed by atoms with Gasteiger partial charge < -0.3 is 9.73 Å². The highest BCUT2D eigenvalue weighted by Gasteiger charge is 2.14. The van der Waals surface area contributed by atoms with Crippen molar-refractivity contribution < 1.29 is 9.21 Å². The highest BCUT2D eigenvalue weighted by Crippen LogP contribution is 2.31. The van der Waals surface area contributed by atoms with E-state index in [0.717, 1.165) is 11.1 Å². The van der Waals surface area contributed by atoms with Gasteiger partial charge in [-0.15, -0.1) is 11.6 Å². The average molecular weight is 335 g/mol. The van der Waals surface area contributed by atoms with Gasteiger partial charge in [0.25, 0.3) is 0 Å². The van der Waals surface area contributed by atoms with E-state index in [1.54, 1.807) is 18.2 Å². The van der Waals surface area contributed by atoms with Gasteiger partial charge >= 0.3 is 0 Å². The predicted octanol–water partition coefficient (Wildman–Crippen LogP) is 4.63. The van der Waals surface area contributed by atoms with Crippen molar-refractivity contribution in [3.8, 4) is 11.5 Å².